The number of methoxy groups -OCH3 is 1. The zero-order valence-corrected chi connectivity index (χ0v) is 16.9. The number of anilines is 2. The lowest BCUT2D eigenvalue weighted by Gasteiger charge is -2.35. The number of nitrogen functional groups attached to an aromatic ring is 1. The van der Waals surface area contributed by atoms with Gasteiger partial charge in [0.15, 0.2) is 0 Å². The minimum Gasteiger partial charge on any atom is -0.491 e. The Morgan fingerprint density at radius 2 is 1.96 bits per heavy atom. The third-order valence-corrected chi connectivity index (χ3v) is 5.11. The van der Waals surface area contributed by atoms with Crippen LogP contribution in [-0.4, -0.2) is 73.4 Å². The van der Waals surface area contributed by atoms with E-state index in [-0.39, 0.29) is 1.43 Å². The number of piperazine rings is 1. The highest BCUT2D eigenvalue weighted by atomic mass is 16.5. The quantitative estimate of drug-likeness (QED) is 0.407. The van der Waals surface area contributed by atoms with Gasteiger partial charge in [-0.05, 0) is 24.7 Å². The Morgan fingerprint density at radius 1 is 1.21 bits per heavy atom. The summed E-state index contributed by atoms with van der Waals surface area (Å²) in [5, 5.41) is 13.2. The number of hydrogen-bond donors (Lipinski definition) is 2. The van der Waals surface area contributed by atoms with Crippen LogP contribution < -0.4 is 15.4 Å². The zero-order chi connectivity index (χ0) is 20.1. The first-order valence-corrected chi connectivity index (χ1v) is 9.65. The van der Waals surface area contributed by atoms with Crippen molar-refractivity contribution in [1.29, 1.82) is 5.41 Å². The molecule has 1 aliphatic rings. The SMILES string of the molecule is CCN1CCN(c2cc(C(=N)c3cc(OCCOC)ccc3N)nn2C)CC1.[HH]. The Labute approximate surface area is 167 Å². The van der Waals surface area contributed by atoms with Crippen LogP contribution in [0.5, 0.6) is 5.75 Å². The van der Waals surface area contributed by atoms with Crippen molar-refractivity contribution in [2.24, 2.45) is 7.05 Å². The molecule has 0 spiro atoms. The molecule has 8 nitrogen and oxygen atoms in total. The van der Waals surface area contributed by atoms with Crippen LogP contribution >= 0.6 is 0 Å². The van der Waals surface area contributed by atoms with Gasteiger partial charge in [-0.15, -0.1) is 0 Å². The van der Waals surface area contributed by atoms with Gasteiger partial charge in [-0.2, -0.15) is 5.10 Å². The fraction of sp³-hybridized carbons (Fsp3) is 0.500. The van der Waals surface area contributed by atoms with Crippen LogP contribution in [0.3, 0.4) is 0 Å². The molecule has 0 aliphatic carbocycles. The summed E-state index contributed by atoms with van der Waals surface area (Å²) < 4.78 is 12.5. The van der Waals surface area contributed by atoms with Crippen LogP contribution in [0.15, 0.2) is 24.3 Å². The normalized spacial score (nSPS) is 15.0. The fourth-order valence-corrected chi connectivity index (χ4v) is 3.39. The third-order valence-electron chi connectivity index (χ3n) is 5.11. The van der Waals surface area contributed by atoms with Gasteiger partial charge in [-0.25, -0.2) is 0 Å². The number of aryl methyl sites for hydroxylation is 1. The van der Waals surface area contributed by atoms with Crippen LogP contribution in [-0.2, 0) is 11.8 Å². The van der Waals surface area contributed by atoms with E-state index in [0.29, 0.717) is 41.6 Å². The average molecular weight is 389 g/mol. The van der Waals surface area contributed by atoms with Gasteiger partial charge in [0.05, 0.1) is 12.3 Å². The highest BCUT2D eigenvalue weighted by Crippen LogP contribution is 2.24. The molecule has 8 heteroatoms. The monoisotopic (exact) mass is 388 g/mol. The molecule has 2 heterocycles. The minimum atomic E-state index is 0. The Balaban J connectivity index is 0.00000300. The number of benzene rings is 1. The predicted molar refractivity (Wildman–Crippen MR) is 114 cm³/mol. The van der Waals surface area contributed by atoms with Gasteiger partial charge in [0, 0.05) is 59.1 Å². The van der Waals surface area contributed by atoms with E-state index in [0.717, 1.165) is 38.5 Å². The van der Waals surface area contributed by atoms with Crippen molar-refractivity contribution in [2.45, 2.75) is 6.92 Å². The Bertz CT molecular complexity index is 817. The lowest BCUT2D eigenvalue weighted by Crippen LogP contribution is -2.46. The molecule has 0 unspecified atom stereocenters. The van der Waals surface area contributed by atoms with Gasteiger partial charge in [0.25, 0.3) is 0 Å². The van der Waals surface area contributed by atoms with Gasteiger partial charge in [-0.3, -0.25) is 10.1 Å². The summed E-state index contributed by atoms with van der Waals surface area (Å²) in [5.74, 6) is 1.69. The molecule has 1 saturated heterocycles. The molecule has 1 fully saturated rings. The Hall–Kier alpha value is -2.58. The van der Waals surface area contributed by atoms with Crippen molar-refractivity contribution >= 4 is 17.2 Å². The second kappa shape index (κ2) is 9.07. The first-order valence-electron chi connectivity index (χ1n) is 9.65. The summed E-state index contributed by atoms with van der Waals surface area (Å²) in [6.45, 7) is 8.24. The van der Waals surface area contributed by atoms with E-state index in [4.69, 9.17) is 20.6 Å². The maximum atomic E-state index is 8.64. The summed E-state index contributed by atoms with van der Waals surface area (Å²) in [6, 6.07) is 7.34. The van der Waals surface area contributed by atoms with Crippen molar-refractivity contribution in [3.8, 4) is 5.75 Å². The van der Waals surface area contributed by atoms with E-state index in [1.165, 1.54) is 0 Å². The highest BCUT2D eigenvalue weighted by Gasteiger charge is 2.21. The number of nitrogens with zero attached hydrogens (tertiary/aromatic N) is 4. The van der Waals surface area contributed by atoms with Gasteiger partial charge in [-0.1, -0.05) is 6.92 Å². The molecule has 0 amide bonds. The molecule has 0 radical (unpaired) electrons. The lowest BCUT2D eigenvalue weighted by atomic mass is 10.0. The van der Waals surface area contributed by atoms with Crippen LogP contribution in [0, 0.1) is 5.41 Å². The van der Waals surface area contributed by atoms with E-state index in [1.54, 1.807) is 25.3 Å². The number of nitrogens with two attached hydrogens (primary N) is 1. The number of likely N-dealkylation sites (N-methyl/N-ethyl adjacent to an activating group) is 1. The van der Waals surface area contributed by atoms with Crippen LogP contribution in [0.25, 0.3) is 0 Å². The standard InChI is InChI=1S/C20H30N6O2.H2/c1-4-25-7-9-26(10-8-25)19-14-18(23-24(19)2)20(22)16-13-15(5-6-17(16)21)28-12-11-27-3;/h5-6,13-14,22H,4,7-12,21H2,1-3H3;1H. The predicted octanol–water partition coefficient (Wildman–Crippen LogP) is 1.83. The molecule has 1 aromatic carbocycles. The summed E-state index contributed by atoms with van der Waals surface area (Å²) >= 11 is 0. The average Bonchev–Trinajstić information content (AvgIpc) is 3.10. The largest absolute Gasteiger partial charge is 0.491 e. The van der Waals surface area contributed by atoms with Gasteiger partial charge >= 0.3 is 0 Å². The summed E-state index contributed by atoms with van der Waals surface area (Å²) in [5.41, 5.74) is 8.19. The first-order chi connectivity index (χ1) is 13.5. The van der Waals surface area contributed by atoms with E-state index in [2.05, 4.69) is 21.8 Å². The lowest BCUT2D eigenvalue weighted by molar-refractivity contribution is 0.146. The van der Waals surface area contributed by atoms with Crippen LogP contribution in [0.4, 0.5) is 11.5 Å². The van der Waals surface area contributed by atoms with E-state index >= 15 is 0 Å². The smallest absolute Gasteiger partial charge is 0.127 e. The second-order valence-electron chi connectivity index (χ2n) is 6.90. The molecule has 1 aliphatic heterocycles. The van der Waals surface area contributed by atoms with Crippen molar-refractivity contribution in [3.63, 3.8) is 0 Å². The molecule has 0 atom stereocenters. The van der Waals surface area contributed by atoms with E-state index in [9.17, 15) is 0 Å². The number of hydrogen-bond acceptors (Lipinski definition) is 7. The maximum absolute atomic E-state index is 8.64. The van der Waals surface area contributed by atoms with Crippen molar-refractivity contribution in [1.82, 2.24) is 14.7 Å². The summed E-state index contributed by atoms with van der Waals surface area (Å²) in [7, 11) is 3.56. The van der Waals surface area contributed by atoms with E-state index < -0.39 is 0 Å². The number of rotatable bonds is 8. The summed E-state index contributed by atoms with van der Waals surface area (Å²) in [4.78, 5) is 4.76. The van der Waals surface area contributed by atoms with Crippen LogP contribution in [0.2, 0.25) is 0 Å². The molecule has 28 heavy (non-hydrogen) atoms. The topological polar surface area (TPSA) is 92.6 Å². The number of nitrogens with one attached hydrogen (secondary N) is 1. The van der Waals surface area contributed by atoms with Gasteiger partial charge in [0.2, 0.25) is 0 Å². The molecule has 154 valence electrons. The molecule has 3 N–H and O–H groups in total. The fourth-order valence-electron chi connectivity index (χ4n) is 3.39. The number of ether oxygens (including phenoxy) is 2. The summed E-state index contributed by atoms with van der Waals surface area (Å²) in [6.07, 6.45) is 0. The molecular formula is C20H32N6O2. The van der Waals surface area contributed by atoms with Gasteiger partial charge in [0.1, 0.15) is 23.9 Å². The zero-order valence-electron chi connectivity index (χ0n) is 16.9. The minimum absolute atomic E-state index is 0. The molecule has 3 rings (SSSR count). The molecule has 0 bridgehead atoms. The maximum Gasteiger partial charge on any atom is 0.127 e. The highest BCUT2D eigenvalue weighted by molar-refractivity contribution is 6.13. The van der Waals surface area contributed by atoms with Gasteiger partial charge < -0.3 is 25.0 Å². The second-order valence-corrected chi connectivity index (χ2v) is 6.90. The van der Waals surface area contributed by atoms with Crippen molar-refractivity contribution in [2.75, 3.05) is 63.7 Å². The van der Waals surface area contributed by atoms with Crippen LogP contribution in [0.1, 0.15) is 19.6 Å². The molecular weight excluding hydrogens is 356 g/mol. The third kappa shape index (κ3) is 4.45. The Morgan fingerprint density at radius 3 is 2.64 bits per heavy atom. The molecule has 0 saturated carbocycles. The molecule has 2 aromatic rings. The number of aromatic nitrogens is 2. The first kappa shape index (κ1) is 20.2. The molecule has 1 aromatic heterocycles. The van der Waals surface area contributed by atoms with Crippen molar-refractivity contribution < 1.29 is 10.9 Å². The van der Waals surface area contributed by atoms with E-state index in [1.807, 2.05) is 17.8 Å². The Kier molecular flexibility index (Phi) is 6.53. The van der Waals surface area contributed by atoms with Crippen molar-refractivity contribution in [3.05, 3.63) is 35.5 Å².